The molecule has 1 radical (unpaired) electrons. The summed E-state index contributed by atoms with van der Waals surface area (Å²) in [6, 6.07) is 0. The fourth-order valence-corrected chi connectivity index (χ4v) is 4.01. The summed E-state index contributed by atoms with van der Waals surface area (Å²) in [5.41, 5.74) is 0. The summed E-state index contributed by atoms with van der Waals surface area (Å²) in [5, 5.41) is 0.609. The topological polar surface area (TPSA) is 0 Å². The van der Waals surface area contributed by atoms with Gasteiger partial charge < -0.3 is 0 Å². The fraction of sp³-hybridized carbons (Fsp3) is 1.00. The van der Waals surface area contributed by atoms with Crippen LogP contribution in [0.25, 0.3) is 0 Å². The summed E-state index contributed by atoms with van der Waals surface area (Å²) in [4.78, 5) is 0. The zero-order valence-corrected chi connectivity index (χ0v) is 9.36. The third kappa shape index (κ3) is 1.61. The van der Waals surface area contributed by atoms with Gasteiger partial charge in [0.25, 0.3) is 0 Å². The summed E-state index contributed by atoms with van der Waals surface area (Å²) in [5.74, 6) is 0. The summed E-state index contributed by atoms with van der Waals surface area (Å²) in [6.45, 7) is 2.44. The van der Waals surface area contributed by atoms with Crippen molar-refractivity contribution in [3.63, 3.8) is 0 Å². The molecule has 2 aliphatic rings. The number of alkyl halides is 1. The van der Waals surface area contributed by atoms with Gasteiger partial charge in [0, 0.05) is 0 Å². The molecule has 2 fully saturated rings. The summed E-state index contributed by atoms with van der Waals surface area (Å²) >= 11 is 2.67. The molecule has 11 heavy (non-hydrogen) atoms. The van der Waals surface area contributed by atoms with Crippen molar-refractivity contribution in [3.05, 3.63) is 0 Å². The quantitative estimate of drug-likeness (QED) is 0.356. The fourth-order valence-electron chi connectivity index (χ4n) is 2.60. The molecule has 0 aromatic carbocycles. The first-order valence-electron chi connectivity index (χ1n) is 4.68. The highest BCUT2D eigenvalue weighted by Gasteiger charge is 2.45. The van der Waals surface area contributed by atoms with Gasteiger partial charge in [0.15, 0.2) is 0 Å². The monoisotopic (exact) mass is 261 g/mol. The van der Waals surface area contributed by atoms with Crippen LogP contribution in [0.4, 0.5) is 0 Å². The van der Waals surface area contributed by atoms with E-state index >= 15 is 0 Å². The molecule has 0 aromatic rings. The SMILES string of the molecule is CC12[B]C(I)(CCCC1)CC2. The molecule has 0 aromatic heterocycles. The largest absolute Gasteiger partial charge is 0.139 e. The highest BCUT2D eigenvalue weighted by molar-refractivity contribution is 14.1. The first-order chi connectivity index (χ1) is 5.12. The predicted octanol–water partition coefficient (Wildman–Crippen LogP) is 3.37. The molecule has 2 unspecified atom stereocenters. The molecule has 0 aliphatic carbocycles. The van der Waals surface area contributed by atoms with E-state index in [4.69, 9.17) is 0 Å². The molecular weight excluding hydrogens is 246 g/mol. The van der Waals surface area contributed by atoms with E-state index in [0.29, 0.717) is 8.64 Å². The number of hydrogen-bond donors (Lipinski definition) is 0. The van der Waals surface area contributed by atoms with Crippen LogP contribution in [0.2, 0.25) is 5.31 Å². The van der Waals surface area contributed by atoms with Crippen LogP contribution < -0.4 is 0 Å². The highest BCUT2D eigenvalue weighted by atomic mass is 127. The third-order valence-electron chi connectivity index (χ3n) is 3.31. The molecule has 2 aliphatic heterocycles. The van der Waals surface area contributed by atoms with E-state index in [1.807, 2.05) is 0 Å². The first-order valence-corrected chi connectivity index (χ1v) is 5.76. The van der Waals surface area contributed by atoms with Gasteiger partial charge in [0.2, 0.25) is 0 Å². The van der Waals surface area contributed by atoms with Crippen LogP contribution in [0.1, 0.15) is 45.4 Å². The van der Waals surface area contributed by atoms with Crippen molar-refractivity contribution in [1.82, 2.24) is 0 Å². The number of rotatable bonds is 0. The number of hydrogen-bond acceptors (Lipinski definition) is 0. The first kappa shape index (κ1) is 8.40. The van der Waals surface area contributed by atoms with Gasteiger partial charge in [-0.05, 0) is 16.2 Å². The Balaban J connectivity index is 2.18. The molecule has 0 spiro atoms. The second-order valence-corrected chi connectivity index (χ2v) is 6.69. The average Bonchev–Trinajstić information content (AvgIpc) is 2.11. The van der Waals surface area contributed by atoms with Crippen molar-refractivity contribution in [1.29, 1.82) is 0 Å². The van der Waals surface area contributed by atoms with Crippen molar-refractivity contribution in [3.8, 4) is 0 Å². The zero-order chi connectivity index (χ0) is 7.95. The molecule has 2 atom stereocenters. The van der Waals surface area contributed by atoms with Crippen LogP contribution in [-0.2, 0) is 0 Å². The molecule has 2 bridgehead atoms. The van der Waals surface area contributed by atoms with Crippen LogP contribution in [0.3, 0.4) is 0 Å². The van der Waals surface area contributed by atoms with Crippen molar-refractivity contribution in [2.75, 3.05) is 0 Å². The van der Waals surface area contributed by atoms with E-state index in [1.54, 1.807) is 0 Å². The smallest absolute Gasteiger partial charge is 0.0887 e. The van der Waals surface area contributed by atoms with Crippen LogP contribution in [0.15, 0.2) is 0 Å². The third-order valence-corrected chi connectivity index (χ3v) is 4.70. The molecule has 0 N–H and O–H groups in total. The second-order valence-electron chi connectivity index (χ2n) is 4.54. The lowest BCUT2D eigenvalue weighted by Crippen LogP contribution is -2.25. The van der Waals surface area contributed by atoms with Gasteiger partial charge in [-0.1, -0.05) is 60.5 Å². The normalized spacial score (nSPS) is 50.0. The van der Waals surface area contributed by atoms with Crippen LogP contribution in [0, 0.1) is 0 Å². The van der Waals surface area contributed by atoms with Gasteiger partial charge in [-0.2, -0.15) is 0 Å². The van der Waals surface area contributed by atoms with Crippen LogP contribution in [-0.4, -0.2) is 10.6 Å². The minimum Gasteiger partial charge on any atom is -0.0887 e. The van der Waals surface area contributed by atoms with E-state index < -0.39 is 0 Å². The Bertz CT molecular complexity index is 145. The van der Waals surface area contributed by atoms with E-state index in [-0.39, 0.29) is 0 Å². The maximum atomic E-state index is 2.67. The Morgan fingerprint density at radius 3 is 2.64 bits per heavy atom. The Kier molecular flexibility index (Phi) is 2.02. The number of halogens is 1. The van der Waals surface area contributed by atoms with Crippen LogP contribution >= 0.6 is 22.6 Å². The molecule has 2 heteroatoms. The van der Waals surface area contributed by atoms with Gasteiger partial charge >= 0.3 is 0 Å². The van der Waals surface area contributed by atoms with Crippen molar-refractivity contribution >= 4 is 29.9 Å². The minimum atomic E-state index is 0.586. The minimum absolute atomic E-state index is 0.586. The Hall–Kier alpha value is 0.795. The van der Waals surface area contributed by atoms with Crippen LogP contribution in [0.5, 0.6) is 0 Å². The zero-order valence-electron chi connectivity index (χ0n) is 7.20. The lowest BCUT2D eigenvalue weighted by molar-refractivity contribution is 0.465. The molecule has 2 saturated heterocycles. The molecule has 0 saturated carbocycles. The predicted molar refractivity (Wildman–Crippen MR) is 58.6 cm³/mol. The number of fused-ring (bicyclic) bond motifs is 2. The average molecular weight is 261 g/mol. The summed E-state index contributed by atoms with van der Waals surface area (Å²) in [6.07, 6.45) is 8.66. The standard InChI is InChI=1S/C9H15BI/c1-8-4-2-3-5-9(11,10-8)7-6-8/h2-7H2,1H3. The molecule has 61 valence electrons. The van der Waals surface area contributed by atoms with Crippen molar-refractivity contribution in [2.24, 2.45) is 0 Å². The van der Waals surface area contributed by atoms with Gasteiger partial charge in [0.05, 0.1) is 0 Å². The summed E-state index contributed by atoms with van der Waals surface area (Å²) < 4.78 is 0.586. The molecular formula is C9H15BI. The molecule has 0 nitrogen and oxygen atoms in total. The second kappa shape index (κ2) is 2.64. The highest BCUT2D eigenvalue weighted by Crippen LogP contribution is 2.54. The Morgan fingerprint density at radius 2 is 1.82 bits per heavy atom. The molecule has 2 heterocycles. The van der Waals surface area contributed by atoms with E-state index in [1.165, 1.54) is 38.5 Å². The maximum Gasteiger partial charge on any atom is 0.139 e. The van der Waals surface area contributed by atoms with E-state index in [2.05, 4.69) is 36.8 Å². The summed E-state index contributed by atoms with van der Waals surface area (Å²) in [7, 11) is 2.65. The van der Waals surface area contributed by atoms with E-state index in [0.717, 1.165) is 0 Å². The lowest BCUT2D eigenvalue weighted by atomic mass is 9.51. The van der Waals surface area contributed by atoms with Gasteiger partial charge in [-0.25, -0.2) is 0 Å². The lowest BCUT2D eigenvalue weighted by Gasteiger charge is -2.21. The van der Waals surface area contributed by atoms with Crippen molar-refractivity contribution < 1.29 is 0 Å². The Labute approximate surface area is 83.9 Å². The Morgan fingerprint density at radius 1 is 1.09 bits per heavy atom. The molecule has 2 rings (SSSR count). The van der Waals surface area contributed by atoms with Crippen molar-refractivity contribution in [2.45, 2.75) is 54.1 Å². The van der Waals surface area contributed by atoms with E-state index in [9.17, 15) is 0 Å². The molecule has 0 amide bonds. The van der Waals surface area contributed by atoms with Gasteiger partial charge in [0.1, 0.15) is 7.28 Å². The van der Waals surface area contributed by atoms with Gasteiger partial charge in [-0.15, -0.1) is 0 Å². The van der Waals surface area contributed by atoms with Gasteiger partial charge in [-0.3, -0.25) is 0 Å². The maximum absolute atomic E-state index is 2.67.